The number of rotatable bonds is 1. The predicted octanol–water partition coefficient (Wildman–Crippen LogP) is 0.886. The first-order chi connectivity index (χ1) is 4.72. The fraction of sp³-hybridized carbons (Fsp3) is 0.400. The quantitative estimate of drug-likeness (QED) is 0.540. The zero-order valence-electron chi connectivity index (χ0n) is 5.70. The van der Waals surface area contributed by atoms with E-state index in [-0.39, 0.29) is 5.95 Å². The van der Waals surface area contributed by atoms with Gasteiger partial charge in [0.05, 0.1) is 0 Å². The van der Waals surface area contributed by atoms with Crippen molar-refractivity contribution in [2.24, 2.45) is 5.18 Å². The molecule has 0 unspecified atom stereocenters. The molecular formula is C5H6N4O. The van der Waals surface area contributed by atoms with Crippen molar-refractivity contribution in [3.63, 3.8) is 0 Å². The molecule has 0 amide bonds. The molecule has 5 nitrogen and oxygen atoms in total. The molecule has 0 fully saturated rings. The Balaban J connectivity index is 3.18. The summed E-state index contributed by atoms with van der Waals surface area (Å²) in [7, 11) is 0. The molecule has 0 saturated heterocycles. The summed E-state index contributed by atoms with van der Waals surface area (Å²) >= 11 is 0. The van der Waals surface area contributed by atoms with E-state index in [1.54, 1.807) is 13.8 Å². The lowest BCUT2D eigenvalue weighted by atomic mass is 10.6. The van der Waals surface area contributed by atoms with Gasteiger partial charge in [-0.25, -0.2) is 4.98 Å². The van der Waals surface area contributed by atoms with Crippen LogP contribution in [0, 0.1) is 18.8 Å². The Bertz CT molecular complexity index is 240. The van der Waals surface area contributed by atoms with Gasteiger partial charge < -0.3 is 0 Å². The Labute approximate surface area is 57.5 Å². The van der Waals surface area contributed by atoms with Crippen LogP contribution in [-0.2, 0) is 0 Å². The van der Waals surface area contributed by atoms with E-state index in [9.17, 15) is 4.91 Å². The average molecular weight is 138 g/mol. The summed E-state index contributed by atoms with van der Waals surface area (Å²) in [5.41, 5.74) is 0. The van der Waals surface area contributed by atoms with Crippen LogP contribution in [-0.4, -0.2) is 15.0 Å². The van der Waals surface area contributed by atoms with Crippen molar-refractivity contribution in [3.8, 4) is 0 Å². The van der Waals surface area contributed by atoms with Gasteiger partial charge in [-0.1, -0.05) is 0 Å². The van der Waals surface area contributed by atoms with Gasteiger partial charge in [0, 0.05) is 5.18 Å². The monoisotopic (exact) mass is 138 g/mol. The molecule has 0 N–H and O–H groups in total. The second-order valence-electron chi connectivity index (χ2n) is 1.82. The highest BCUT2D eigenvalue weighted by atomic mass is 16.3. The molecule has 0 spiro atoms. The fourth-order valence-corrected chi connectivity index (χ4v) is 0.639. The van der Waals surface area contributed by atoms with Gasteiger partial charge in [-0.05, 0) is 13.8 Å². The van der Waals surface area contributed by atoms with Crippen LogP contribution in [0.1, 0.15) is 11.6 Å². The molecule has 0 saturated carbocycles. The van der Waals surface area contributed by atoms with Crippen molar-refractivity contribution in [1.82, 2.24) is 15.0 Å². The van der Waals surface area contributed by atoms with E-state index in [0.29, 0.717) is 11.6 Å². The van der Waals surface area contributed by atoms with Gasteiger partial charge in [-0.15, -0.1) is 4.91 Å². The molecule has 10 heavy (non-hydrogen) atoms. The molecule has 1 aromatic heterocycles. The molecule has 0 aliphatic heterocycles. The lowest BCUT2D eigenvalue weighted by Gasteiger charge is -1.92. The maximum Gasteiger partial charge on any atom is 0.294 e. The van der Waals surface area contributed by atoms with Crippen LogP contribution >= 0.6 is 0 Å². The molecule has 5 heteroatoms. The maximum absolute atomic E-state index is 9.91. The van der Waals surface area contributed by atoms with Gasteiger partial charge in [-0.2, -0.15) is 9.97 Å². The van der Waals surface area contributed by atoms with Gasteiger partial charge in [0.1, 0.15) is 11.6 Å². The number of nitrogens with zero attached hydrogens (tertiary/aromatic N) is 4. The minimum atomic E-state index is -0.0509. The van der Waals surface area contributed by atoms with Crippen molar-refractivity contribution < 1.29 is 0 Å². The van der Waals surface area contributed by atoms with Crippen LogP contribution in [0.2, 0.25) is 0 Å². The number of aryl methyl sites for hydroxylation is 2. The first-order valence-corrected chi connectivity index (χ1v) is 2.75. The van der Waals surface area contributed by atoms with E-state index >= 15 is 0 Å². The highest BCUT2D eigenvalue weighted by Gasteiger charge is 1.97. The van der Waals surface area contributed by atoms with E-state index < -0.39 is 0 Å². The Hall–Kier alpha value is -1.39. The molecule has 0 aromatic carbocycles. The van der Waals surface area contributed by atoms with E-state index in [2.05, 4.69) is 20.1 Å². The molecule has 0 bridgehead atoms. The van der Waals surface area contributed by atoms with Crippen LogP contribution in [0.15, 0.2) is 5.18 Å². The Morgan fingerprint density at radius 3 is 2.00 bits per heavy atom. The van der Waals surface area contributed by atoms with Crippen LogP contribution in [0.25, 0.3) is 0 Å². The molecule has 1 aromatic rings. The third-order valence-electron chi connectivity index (χ3n) is 0.929. The maximum atomic E-state index is 9.91. The third kappa shape index (κ3) is 1.31. The molecule has 1 rings (SSSR count). The van der Waals surface area contributed by atoms with Crippen molar-refractivity contribution in [2.75, 3.05) is 0 Å². The number of hydrogen-bond acceptors (Lipinski definition) is 5. The largest absolute Gasteiger partial charge is 0.294 e. The first-order valence-electron chi connectivity index (χ1n) is 2.75. The second-order valence-corrected chi connectivity index (χ2v) is 1.82. The number of nitroso groups, excluding NO2 is 1. The minimum Gasteiger partial charge on any atom is -0.218 e. The molecule has 0 aliphatic rings. The number of hydrogen-bond donors (Lipinski definition) is 0. The summed E-state index contributed by atoms with van der Waals surface area (Å²) in [6.45, 7) is 3.37. The van der Waals surface area contributed by atoms with Crippen LogP contribution in [0.4, 0.5) is 5.95 Å². The van der Waals surface area contributed by atoms with Crippen molar-refractivity contribution in [2.45, 2.75) is 13.8 Å². The highest BCUT2D eigenvalue weighted by Crippen LogP contribution is 2.01. The molecule has 1 heterocycles. The summed E-state index contributed by atoms with van der Waals surface area (Å²) in [5.74, 6) is 0.981. The summed E-state index contributed by atoms with van der Waals surface area (Å²) in [5, 5.41) is 2.58. The van der Waals surface area contributed by atoms with Crippen molar-refractivity contribution in [3.05, 3.63) is 16.6 Å². The molecular weight excluding hydrogens is 132 g/mol. The van der Waals surface area contributed by atoms with Gasteiger partial charge in [-0.3, -0.25) is 0 Å². The van der Waals surface area contributed by atoms with Gasteiger partial charge in [0.15, 0.2) is 0 Å². The fourth-order valence-electron chi connectivity index (χ4n) is 0.639. The second kappa shape index (κ2) is 2.47. The summed E-state index contributed by atoms with van der Waals surface area (Å²) in [4.78, 5) is 21.1. The Morgan fingerprint density at radius 2 is 1.60 bits per heavy atom. The van der Waals surface area contributed by atoms with Gasteiger partial charge in [0.2, 0.25) is 0 Å². The molecule has 0 atom stereocenters. The van der Waals surface area contributed by atoms with E-state index in [1.807, 2.05) is 0 Å². The lowest BCUT2D eigenvalue weighted by Crippen LogP contribution is -1.93. The molecule has 0 aliphatic carbocycles. The number of aromatic nitrogens is 3. The van der Waals surface area contributed by atoms with Crippen molar-refractivity contribution >= 4 is 5.95 Å². The SMILES string of the molecule is Cc1nc(C)nc(N=O)n1. The molecule has 52 valence electrons. The summed E-state index contributed by atoms with van der Waals surface area (Å²) in [6.07, 6.45) is 0. The summed E-state index contributed by atoms with van der Waals surface area (Å²) < 4.78 is 0. The molecule has 0 radical (unpaired) electrons. The van der Waals surface area contributed by atoms with E-state index in [0.717, 1.165) is 0 Å². The predicted molar refractivity (Wildman–Crippen MR) is 34.8 cm³/mol. The average Bonchev–Trinajstić information content (AvgIpc) is 1.85. The van der Waals surface area contributed by atoms with Crippen LogP contribution in [0.5, 0.6) is 0 Å². The smallest absolute Gasteiger partial charge is 0.218 e. The third-order valence-corrected chi connectivity index (χ3v) is 0.929. The Morgan fingerprint density at radius 1 is 1.10 bits per heavy atom. The summed E-state index contributed by atoms with van der Waals surface area (Å²) in [6, 6.07) is 0. The standard InChI is InChI=1S/C5H6N4O/c1-3-6-4(2)8-5(7-3)9-10/h1-2H3. The topological polar surface area (TPSA) is 68.1 Å². The van der Waals surface area contributed by atoms with E-state index in [4.69, 9.17) is 0 Å². The lowest BCUT2D eigenvalue weighted by molar-refractivity contribution is 0.916. The Kier molecular flexibility index (Phi) is 1.66. The normalized spacial score (nSPS) is 9.40. The van der Waals surface area contributed by atoms with Crippen LogP contribution in [0.3, 0.4) is 0 Å². The minimum absolute atomic E-state index is 0.0509. The van der Waals surface area contributed by atoms with E-state index in [1.165, 1.54) is 0 Å². The van der Waals surface area contributed by atoms with Gasteiger partial charge >= 0.3 is 0 Å². The zero-order chi connectivity index (χ0) is 7.56. The van der Waals surface area contributed by atoms with Crippen molar-refractivity contribution in [1.29, 1.82) is 0 Å². The van der Waals surface area contributed by atoms with Gasteiger partial charge in [0.25, 0.3) is 5.95 Å². The van der Waals surface area contributed by atoms with Crippen LogP contribution < -0.4 is 0 Å². The zero-order valence-corrected chi connectivity index (χ0v) is 5.70. The first kappa shape index (κ1) is 6.73. The highest BCUT2D eigenvalue weighted by molar-refractivity contribution is 5.13.